The molecule has 0 fully saturated rings. The molecule has 0 unspecified atom stereocenters. The van der Waals surface area contributed by atoms with Crippen LogP contribution in [0.5, 0.6) is 0 Å². The predicted molar refractivity (Wildman–Crippen MR) is 109 cm³/mol. The lowest BCUT2D eigenvalue weighted by Crippen LogP contribution is -2.41. The fourth-order valence-corrected chi connectivity index (χ4v) is 4.08. The molecule has 0 aliphatic carbocycles. The molecule has 0 bridgehead atoms. The zero-order valence-electron chi connectivity index (χ0n) is 15.4. The molecule has 3 aromatic rings. The fourth-order valence-electron chi connectivity index (χ4n) is 3.32. The van der Waals surface area contributed by atoms with Crippen LogP contribution in [0, 0.1) is 0 Å². The summed E-state index contributed by atoms with van der Waals surface area (Å²) in [6, 6.07) is 17.6. The van der Waals surface area contributed by atoms with Crippen LogP contribution in [0.1, 0.15) is 35.1 Å². The first-order valence-electron chi connectivity index (χ1n) is 9.16. The molecule has 0 spiro atoms. The van der Waals surface area contributed by atoms with Crippen LogP contribution in [0.3, 0.4) is 0 Å². The number of esters is 1. The van der Waals surface area contributed by atoms with Gasteiger partial charge in [0.05, 0.1) is 18.2 Å². The van der Waals surface area contributed by atoms with Crippen LogP contribution >= 0.6 is 11.3 Å². The van der Waals surface area contributed by atoms with Gasteiger partial charge in [-0.1, -0.05) is 42.5 Å². The SMILES string of the molecule is CCOC(=O)[C@H]1O[C@@H](c2cccnc2)N=C(c2cccs2)[C@H]1c1ccccc1. The highest BCUT2D eigenvalue weighted by Crippen LogP contribution is 2.38. The Bertz CT molecular complexity index is 942. The molecule has 1 aromatic carbocycles. The van der Waals surface area contributed by atoms with Crippen molar-refractivity contribution in [2.45, 2.75) is 25.2 Å². The van der Waals surface area contributed by atoms with Crippen molar-refractivity contribution in [3.05, 3.63) is 88.4 Å². The van der Waals surface area contributed by atoms with E-state index < -0.39 is 12.3 Å². The van der Waals surface area contributed by atoms with Crippen molar-refractivity contribution in [3.8, 4) is 0 Å². The number of carbonyl (C=O) groups is 1. The maximum Gasteiger partial charge on any atom is 0.336 e. The van der Waals surface area contributed by atoms with Crippen molar-refractivity contribution >= 4 is 23.0 Å². The van der Waals surface area contributed by atoms with Crippen LogP contribution in [-0.2, 0) is 14.3 Å². The molecule has 142 valence electrons. The van der Waals surface area contributed by atoms with Crippen molar-refractivity contribution < 1.29 is 14.3 Å². The van der Waals surface area contributed by atoms with E-state index in [1.54, 1.807) is 30.7 Å². The number of thiophene rings is 1. The van der Waals surface area contributed by atoms with Crippen molar-refractivity contribution in [2.24, 2.45) is 4.99 Å². The van der Waals surface area contributed by atoms with Gasteiger partial charge in [0.15, 0.2) is 12.3 Å². The Hall–Kier alpha value is -2.83. The summed E-state index contributed by atoms with van der Waals surface area (Å²) in [5.74, 6) is -0.721. The lowest BCUT2D eigenvalue weighted by Gasteiger charge is -2.34. The normalized spacial score (nSPS) is 21.8. The molecule has 4 rings (SSSR count). The van der Waals surface area contributed by atoms with Crippen LogP contribution in [0.4, 0.5) is 0 Å². The zero-order valence-corrected chi connectivity index (χ0v) is 16.2. The van der Waals surface area contributed by atoms with E-state index in [9.17, 15) is 4.79 Å². The molecule has 2 aromatic heterocycles. The van der Waals surface area contributed by atoms with Gasteiger partial charge in [0, 0.05) is 22.8 Å². The summed E-state index contributed by atoms with van der Waals surface area (Å²) in [4.78, 5) is 22.9. The summed E-state index contributed by atoms with van der Waals surface area (Å²) in [6.07, 6.45) is 2.01. The molecular weight excluding hydrogens is 372 g/mol. The minimum atomic E-state index is -0.790. The molecule has 28 heavy (non-hydrogen) atoms. The standard InChI is InChI=1S/C22H20N2O3S/c1-2-26-22(25)20-18(15-8-4-3-5-9-15)19(17-11-7-13-28-17)24-21(27-20)16-10-6-12-23-14-16/h3-14,18,20-21H,2H2,1H3/t18-,20+,21+/m1/s1. The Morgan fingerprint density at radius 3 is 2.61 bits per heavy atom. The van der Waals surface area contributed by atoms with Gasteiger partial charge in [0.2, 0.25) is 0 Å². The summed E-state index contributed by atoms with van der Waals surface area (Å²) in [7, 11) is 0. The first kappa shape index (κ1) is 18.5. The third kappa shape index (κ3) is 3.74. The first-order chi connectivity index (χ1) is 13.8. The Labute approximate surface area is 167 Å². The smallest absolute Gasteiger partial charge is 0.336 e. The van der Waals surface area contributed by atoms with E-state index in [-0.39, 0.29) is 11.9 Å². The fraction of sp³-hybridized carbons (Fsp3) is 0.227. The van der Waals surface area contributed by atoms with Gasteiger partial charge in [-0.3, -0.25) is 9.98 Å². The minimum absolute atomic E-state index is 0.295. The molecule has 6 heteroatoms. The van der Waals surface area contributed by atoms with E-state index in [0.29, 0.717) is 6.61 Å². The maximum absolute atomic E-state index is 12.9. The van der Waals surface area contributed by atoms with Gasteiger partial charge in [-0.05, 0) is 30.0 Å². The number of aromatic nitrogens is 1. The number of hydrogen-bond acceptors (Lipinski definition) is 6. The van der Waals surface area contributed by atoms with Crippen LogP contribution in [0.15, 0.2) is 77.4 Å². The summed E-state index contributed by atoms with van der Waals surface area (Å²) >= 11 is 1.60. The van der Waals surface area contributed by atoms with E-state index in [0.717, 1.165) is 21.7 Å². The maximum atomic E-state index is 12.9. The highest BCUT2D eigenvalue weighted by atomic mass is 32.1. The van der Waals surface area contributed by atoms with Crippen molar-refractivity contribution in [1.29, 1.82) is 0 Å². The van der Waals surface area contributed by atoms with E-state index in [4.69, 9.17) is 14.5 Å². The number of rotatable bonds is 5. The Kier molecular flexibility index (Phi) is 5.60. The van der Waals surface area contributed by atoms with Gasteiger partial charge in [-0.2, -0.15) is 0 Å². The Morgan fingerprint density at radius 2 is 1.93 bits per heavy atom. The second kappa shape index (κ2) is 8.46. The number of aliphatic imine (C=N–C) groups is 1. The van der Waals surface area contributed by atoms with Crippen LogP contribution < -0.4 is 0 Å². The van der Waals surface area contributed by atoms with Crippen molar-refractivity contribution in [3.63, 3.8) is 0 Å². The van der Waals surface area contributed by atoms with E-state index in [2.05, 4.69) is 4.98 Å². The summed E-state index contributed by atoms with van der Waals surface area (Å²) in [5, 5.41) is 2.01. The van der Waals surface area contributed by atoms with Gasteiger partial charge in [0.1, 0.15) is 0 Å². The lowest BCUT2D eigenvalue weighted by molar-refractivity contribution is -0.162. The molecule has 0 N–H and O–H groups in total. The highest BCUT2D eigenvalue weighted by molar-refractivity contribution is 7.12. The van der Waals surface area contributed by atoms with Gasteiger partial charge in [-0.15, -0.1) is 11.3 Å². The van der Waals surface area contributed by atoms with Gasteiger partial charge >= 0.3 is 5.97 Å². The van der Waals surface area contributed by atoms with E-state index in [1.165, 1.54) is 0 Å². The molecule has 0 amide bonds. The van der Waals surface area contributed by atoms with Gasteiger partial charge in [-0.25, -0.2) is 4.79 Å². The lowest BCUT2D eigenvalue weighted by atomic mass is 9.86. The molecule has 3 heterocycles. The molecule has 0 saturated carbocycles. The second-order valence-corrected chi connectivity index (χ2v) is 7.28. The molecule has 1 aliphatic heterocycles. The minimum Gasteiger partial charge on any atom is -0.464 e. The zero-order chi connectivity index (χ0) is 19.3. The number of benzene rings is 1. The number of pyridine rings is 1. The third-order valence-electron chi connectivity index (χ3n) is 4.55. The van der Waals surface area contributed by atoms with Crippen LogP contribution in [0.25, 0.3) is 0 Å². The Morgan fingerprint density at radius 1 is 1.11 bits per heavy atom. The summed E-state index contributed by atoms with van der Waals surface area (Å²) in [6.45, 7) is 2.09. The number of ether oxygens (including phenoxy) is 2. The number of nitrogens with zero attached hydrogens (tertiary/aromatic N) is 2. The van der Waals surface area contributed by atoms with Crippen LogP contribution in [-0.4, -0.2) is 29.4 Å². The molecule has 1 aliphatic rings. The molecule has 3 atom stereocenters. The molecule has 0 saturated heterocycles. The molecular formula is C22H20N2O3S. The van der Waals surface area contributed by atoms with E-state index in [1.807, 2.05) is 60.0 Å². The number of carbonyl (C=O) groups excluding carboxylic acids is 1. The van der Waals surface area contributed by atoms with Crippen molar-refractivity contribution in [2.75, 3.05) is 6.61 Å². The highest BCUT2D eigenvalue weighted by Gasteiger charge is 2.42. The van der Waals surface area contributed by atoms with Gasteiger partial charge in [0.25, 0.3) is 0 Å². The topological polar surface area (TPSA) is 60.8 Å². The first-order valence-corrected chi connectivity index (χ1v) is 10.0. The number of hydrogen-bond donors (Lipinski definition) is 0. The quantitative estimate of drug-likeness (QED) is 0.605. The largest absolute Gasteiger partial charge is 0.464 e. The molecule has 5 nitrogen and oxygen atoms in total. The van der Waals surface area contributed by atoms with Crippen LogP contribution in [0.2, 0.25) is 0 Å². The summed E-state index contributed by atoms with van der Waals surface area (Å²) in [5.41, 5.74) is 2.61. The monoisotopic (exact) mass is 392 g/mol. The average Bonchev–Trinajstić information content (AvgIpc) is 3.29. The summed E-state index contributed by atoms with van der Waals surface area (Å²) < 4.78 is 11.5. The Balaban J connectivity index is 1.85. The van der Waals surface area contributed by atoms with Gasteiger partial charge < -0.3 is 9.47 Å². The molecule has 0 radical (unpaired) electrons. The third-order valence-corrected chi connectivity index (χ3v) is 5.44. The predicted octanol–water partition coefficient (Wildman–Crippen LogP) is 4.38. The average molecular weight is 392 g/mol. The van der Waals surface area contributed by atoms with E-state index >= 15 is 0 Å². The van der Waals surface area contributed by atoms with Crippen molar-refractivity contribution in [1.82, 2.24) is 4.98 Å². The second-order valence-electron chi connectivity index (χ2n) is 6.33.